The molecule has 0 aliphatic heterocycles. The van der Waals surface area contributed by atoms with Gasteiger partial charge in [-0.05, 0) is 67.9 Å². The highest BCUT2D eigenvalue weighted by Crippen LogP contribution is 2.34. The first kappa shape index (κ1) is 24.5. The van der Waals surface area contributed by atoms with Crippen LogP contribution in [0.25, 0.3) is 0 Å². The van der Waals surface area contributed by atoms with Crippen LogP contribution < -0.4 is 10.3 Å². The van der Waals surface area contributed by atoms with E-state index in [0.717, 1.165) is 36.8 Å². The summed E-state index contributed by atoms with van der Waals surface area (Å²) in [4.78, 5) is 12.7. The smallest absolute Gasteiger partial charge is 0.253 e. The van der Waals surface area contributed by atoms with Crippen molar-refractivity contribution >= 4 is 10.0 Å². The minimum atomic E-state index is -4.05. The number of sulfonamides is 1. The molecule has 1 atom stereocenters. The molecule has 1 fully saturated rings. The molecule has 1 N–H and O–H groups in total. The lowest BCUT2D eigenvalue weighted by atomic mass is 9.82. The number of hydrogen-bond acceptors (Lipinski definition) is 4. The van der Waals surface area contributed by atoms with Gasteiger partial charge in [-0.15, -0.1) is 0 Å². The second kappa shape index (κ2) is 10.7. The maximum atomic E-state index is 13.5. The largest absolute Gasteiger partial charge is 0.378 e. The Morgan fingerprint density at radius 3 is 2.59 bits per heavy atom. The monoisotopic (exact) mass is 468 g/mol. The summed E-state index contributed by atoms with van der Waals surface area (Å²) in [6.45, 7) is 1.87. The molecule has 9 heteroatoms. The standard InChI is InChI=1S/C23H30F2N2O4S/c1-16-10-22(23(28)27(2)13-16)19(12-26-32(29,30)15-24)14-31-21-8-6-17(7-9-21)18-4-3-5-20(25)11-18/h3-5,10-11,13,17,19,21,26H,6-9,12,14-15H2,1-2H3/t17?,19-,21?/m1/s1. The van der Waals surface area contributed by atoms with E-state index in [-0.39, 0.29) is 36.5 Å². The molecule has 1 aromatic carbocycles. The molecular formula is C23H30F2N2O4S. The van der Waals surface area contributed by atoms with Crippen LogP contribution >= 0.6 is 0 Å². The average Bonchev–Trinajstić information content (AvgIpc) is 2.77. The Balaban J connectivity index is 1.66. The van der Waals surface area contributed by atoms with Crippen LogP contribution in [0.15, 0.2) is 41.3 Å². The van der Waals surface area contributed by atoms with Crippen LogP contribution in [0.4, 0.5) is 8.78 Å². The van der Waals surface area contributed by atoms with Crippen LogP contribution in [0.1, 0.15) is 54.2 Å². The summed E-state index contributed by atoms with van der Waals surface area (Å²) >= 11 is 0. The first-order valence-corrected chi connectivity index (χ1v) is 12.4. The number of alkyl halides is 1. The van der Waals surface area contributed by atoms with Crippen molar-refractivity contribution in [2.45, 2.75) is 50.5 Å². The lowest BCUT2D eigenvalue weighted by Gasteiger charge is -2.30. The van der Waals surface area contributed by atoms with Crippen LogP contribution in [0.3, 0.4) is 0 Å². The Bertz CT molecular complexity index is 1080. The van der Waals surface area contributed by atoms with Crippen LogP contribution in [-0.2, 0) is 21.8 Å². The van der Waals surface area contributed by atoms with E-state index in [2.05, 4.69) is 4.72 Å². The fraction of sp³-hybridized carbons (Fsp3) is 0.522. The Morgan fingerprint density at radius 1 is 1.22 bits per heavy atom. The van der Waals surface area contributed by atoms with Crippen molar-refractivity contribution in [1.82, 2.24) is 9.29 Å². The molecule has 0 radical (unpaired) electrons. The second-order valence-electron chi connectivity index (χ2n) is 8.52. The van der Waals surface area contributed by atoms with Crippen LogP contribution in [0.2, 0.25) is 0 Å². The topological polar surface area (TPSA) is 77.4 Å². The normalized spacial score (nSPS) is 20.2. The first-order valence-electron chi connectivity index (χ1n) is 10.8. The van der Waals surface area contributed by atoms with Crippen molar-refractivity contribution in [2.75, 3.05) is 19.2 Å². The molecule has 32 heavy (non-hydrogen) atoms. The lowest BCUT2D eigenvalue weighted by molar-refractivity contribution is 0.0168. The van der Waals surface area contributed by atoms with Crippen molar-refractivity contribution in [2.24, 2.45) is 7.05 Å². The van der Waals surface area contributed by atoms with E-state index in [1.807, 2.05) is 13.0 Å². The molecule has 0 amide bonds. The number of pyridine rings is 1. The molecule has 1 aliphatic carbocycles. The zero-order valence-corrected chi connectivity index (χ0v) is 19.2. The van der Waals surface area contributed by atoms with Gasteiger partial charge in [0, 0.05) is 31.3 Å². The van der Waals surface area contributed by atoms with Gasteiger partial charge in [-0.1, -0.05) is 12.1 Å². The molecule has 2 aromatic rings. The summed E-state index contributed by atoms with van der Waals surface area (Å²) in [6.07, 6.45) is 4.96. The SMILES string of the molecule is Cc1cc([C@H](CNS(=O)(=O)CF)COC2CCC(c3cccc(F)c3)CC2)c(=O)n(C)c1. The quantitative estimate of drug-likeness (QED) is 0.611. The summed E-state index contributed by atoms with van der Waals surface area (Å²) in [5.74, 6) is -0.503. The fourth-order valence-corrected chi connectivity index (χ4v) is 4.84. The molecule has 1 saturated carbocycles. The number of aromatic nitrogens is 1. The van der Waals surface area contributed by atoms with Crippen LogP contribution in [0, 0.1) is 12.7 Å². The Morgan fingerprint density at radius 2 is 1.94 bits per heavy atom. The summed E-state index contributed by atoms with van der Waals surface area (Å²) in [5, 5.41) is 0. The Labute approximate surface area is 187 Å². The summed E-state index contributed by atoms with van der Waals surface area (Å²) in [5.41, 5.74) is 2.04. The van der Waals surface area contributed by atoms with E-state index in [1.165, 1.54) is 10.6 Å². The van der Waals surface area contributed by atoms with Crippen molar-refractivity contribution in [3.8, 4) is 0 Å². The molecule has 0 saturated heterocycles. The predicted octanol–water partition coefficient (Wildman–Crippen LogP) is 3.51. The van der Waals surface area contributed by atoms with Gasteiger partial charge in [0.15, 0.2) is 0 Å². The number of hydrogen-bond donors (Lipinski definition) is 1. The maximum Gasteiger partial charge on any atom is 0.253 e. The van der Waals surface area contributed by atoms with E-state index in [9.17, 15) is 22.0 Å². The molecule has 176 valence electrons. The zero-order chi connectivity index (χ0) is 23.3. The minimum absolute atomic E-state index is 0.0336. The van der Waals surface area contributed by atoms with E-state index in [4.69, 9.17) is 4.74 Å². The van der Waals surface area contributed by atoms with Crippen LogP contribution in [-0.4, -0.2) is 38.2 Å². The van der Waals surface area contributed by atoms with Crippen molar-refractivity contribution in [3.63, 3.8) is 0 Å². The number of nitrogens with one attached hydrogen (secondary N) is 1. The van der Waals surface area contributed by atoms with Crippen molar-refractivity contribution in [1.29, 1.82) is 0 Å². The third kappa shape index (κ3) is 6.46. The molecular weight excluding hydrogens is 438 g/mol. The molecule has 1 heterocycles. The number of aryl methyl sites for hydroxylation is 2. The molecule has 0 bridgehead atoms. The number of halogens is 2. The number of nitrogens with zero attached hydrogens (tertiary/aromatic N) is 1. The highest BCUT2D eigenvalue weighted by atomic mass is 32.2. The predicted molar refractivity (Wildman–Crippen MR) is 119 cm³/mol. The van der Waals surface area contributed by atoms with Gasteiger partial charge in [-0.25, -0.2) is 21.9 Å². The van der Waals surface area contributed by atoms with E-state index in [1.54, 1.807) is 31.4 Å². The first-order chi connectivity index (χ1) is 15.2. The van der Waals surface area contributed by atoms with Gasteiger partial charge < -0.3 is 9.30 Å². The van der Waals surface area contributed by atoms with Gasteiger partial charge in [0.05, 0.1) is 12.7 Å². The van der Waals surface area contributed by atoms with E-state index >= 15 is 0 Å². The number of benzene rings is 1. The van der Waals surface area contributed by atoms with Crippen molar-refractivity contribution < 1.29 is 21.9 Å². The zero-order valence-electron chi connectivity index (χ0n) is 18.4. The highest BCUT2D eigenvalue weighted by Gasteiger charge is 2.26. The summed E-state index contributed by atoms with van der Waals surface area (Å²) in [6, 6.07) is 6.88. The van der Waals surface area contributed by atoms with Gasteiger partial charge in [-0.2, -0.15) is 0 Å². The molecule has 1 aromatic heterocycles. The van der Waals surface area contributed by atoms with Gasteiger partial charge in [0.25, 0.3) is 5.56 Å². The molecule has 1 aliphatic rings. The molecule has 0 unspecified atom stereocenters. The van der Waals surface area contributed by atoms with Crippen LogP contribution in [0.5, 0.6) is 0 Å². The van der Waals surface area contributed by atoms with E-state index in [0.29, 0.717) is 5.56 Å². The summed E-state index contributed by atoms with van der Waals surface area (Å²) < 4.78 is 59.3. The number of rotatable bonds is 9. The molecule has 3 rings (SSSR count). The van der Waals surface area contributed by atoms with Gasteiger partial charge in [0.1, 0.15) is 5.82 Å². The minimum Gasteiger partial charge on any atom is -0.378 e. The second-order valence-corrected chi connectivity index (χ2v) is 10.3. The molecule has 0 spiro atoms. The number of ether oxygens (including phenoxy) is 1. The molecule has 6 nitrogen and oxygen atoms in total. The average molecular weight is 469 g/mol. The summed E-state index contributed by atoms with van der Waals surface area (Å²) in [7, 11) is -2.42. The highest BCUT2D eigenvalue weighted by molar-refractivity contribution is 7.89. The third-order valence-electron chi connectivity index (χ3n) is 6.01. The Hall–Kier alpha value is -2.10. The van der Waals surface area contributed by atoms with Gasteiger partial charge in [-0.3, -0.25) is 4.79 Å². The third-order valence-corrected chi connectivity index (χ3v) is 6.90. The Kier molecular flexibility index (Phi) is 8.19. The van der Waals surface area contributed by atoms with Crippen molar-refractivity contribution in [3.05, 3.63) is 69.4 Å². The van der Waals surface area contributed by atoms with Gasteiger partial charge in [0.2, 0.25) is 16.0 Å². The maximum absolute atomic E-state index is 13.5. The van der Waals surface area contributed by atoms with E-state index < -0.39 is 21.9 Å². The fourth-order valence-electron chi connectivity index (χ4n) is 4.30. The lowest BCUT2D eigenvalue weighted by Crippen LogP contribution is -2.35. The van der Waals surface area contributed by atoms with Gasteiger partial charge >= 0.3 is 0 Å².